The minimum Gasteiger partial charge on any atom is -0.394 e. The molecule has 0 bridgehead atoms. The van der Waals surface area contributed by atoms with Gasteiger partial charge in [-0.25, -0.2) is 0 Å². The van der Waals surface area contributed by atoms with Gasteiger partial charge in [0.15, 0.2) is 44.0 Å². The molecule has 0 saturated carbocycles. The highest BCUT2D eigenvalue weighted by atomic mass is 16.8. The number of carbonyl (C=O) groups is 4. The smallest absolute Gasteiger partial charge is 0.217 e. The standard InChI is InChI=1S/C50H84N4O36/c1-12(62)51-23-32(71)27(66)16(5-55)79-45(23)88-41-29(68)18(7-57)80-48(35(41)74)85-38-21(10-60)83-46(24(33(38)72)52-13(2)63)89-42-30(69)19(8-58)81-49(36(42)75)86-39-22(11-61)84-47(25(34(39)73)53-14(3)64)90-43-31(70)20(9-59)82-50(37(43)76)87-40-26(54-15(4)65)44(77)78-17(6-56)28(40)67/h16-50,55-61,66-77H,5-11H2,1-4H3,(H,51,62)(H,52,63)(H,53,64)(H,54,65)/t16-,17-,18-,19-,20-,21-,22-,23-,24-,25-,26-,27-,28+,29+,30+,31+,32-,33-,34-,35-,36-,37-,38-,39-,40-,41-,42+,43+,44+,45+,46+,47+,48+,49+,50+/m1/s1. The van der Waals surface area contributed by atoms with Gasteiger partial charge in [0.25, 0.3) is 0 Å². The molecular weight excluding hydrogens is 1230 g/mol. The number of carbonyl (C=O) groups excluding carboxylic acids is 4. The van der Waals surface area contributed by atoms with Gasteiger partial charge in [-0.2, -0.15) is 0 Å². The maximum absolute atomic E-state index is 12.8. The molecule has 40 heteroatoms. The second-order valence-corrected chi connectivity index (χ2v) is 22.5. The summed E-state index contributed by atoms with van der Waals surface area (Å²) < 4.78 is 75.2. The van der Waals surface area contributed by atoms with Crippen LogP contribution in [0.1, 0.15) is 27.7 Å². The van der Waals surface area contributed by atoms with Gasteiger partial charge in [-0.15, -0.1) is 0 Å². The van der Waals surface area contributed by atoms with Gasteiger partial charge >= 0.3 is 0 Å². The summed E-state index contributed by atoms with van der Waals surface area (Å²) in [7, 11) is 0. The third-order valence-electron chi connectivity index (χ3n) is 16.2. The first-order valence-electron chi connectivity index (χ1n) is 28.6. The normalized spacial score (nSPS) is 47.6. The van der Waals surface area contributed by atoms with Crippen molar-refractivity contribution in [1.29, 1.82) is 0 Å². The van der Waals surface area contributed by atoms with Crippen molar-refractivity contribution in [2.75, 3.05) is 46.2 Å². The molecule has 0 spiro atoms. The largest absolute Gasteiger partial charge is 0.394 e. The molecule has 90 heavy (non-hydrogen) atoms. The summed E-state index contributed by atoms with van der Waals surface area (Å²) in [4.78, 5) is 49.7. The zero-order chi connectivity index (χ0) is 66.5. The molecule has 0 aromatic rings. The lowest BCUT2D eigenvalue weighted by Gasteiger charge is -2.51. The maximum atomic E-state index is 12.8. The van der Waals surface area contributed by atoms with E-state index in [1.54, 1.807) is 0 Å². The van der Waals surface area contributed by atoms with E-state index in [-0.39, 0.29) is 0 Å². The summed E-state index contributed by atoms with van der Waals surface area (Å²) in [6.45, 7) is -3.04. The van der Waals surface area contributed by atoms with E-state index in [9.17, 15) is 116 Å². The first-order chi connectivity index (χ1) is 42.6. The number of hydrogen-bond acceptors (Lipinski definition) is 36. The first kappa shape index (κ1) is 74.0. The van der Waals surface area contributed by atoms with Crippen LogP contribution in [0, 0.1) is 0 Å². The summed E-state index contributed by atoms with van der Waals surface area (Å²) in [6.07, 6.45) is -60.1. The minimum absolute atomic E-state index is 0.755. The van der Waals surface area contributed by atoms with Gasteiger partial charge < -0.3 is 180 Å². The van der Waals surface area contributed by atoms with Gasteiger partial charge in [-0.3, -0.25) is 19.2 Å². The van der Waals surface area contributed by atoms with Crippen LogP contribution in [0.15, 0.2) is 0 Å². The predicted molar refractivity (Wildman–Crippen MR) is 278 cm³/mol. The van der Waals surface area contributed by atoms with E-state index in [0.29, 0.717) is 0 Å². The van der Waals surface area contributed by atoms with Crippen molar-refractivity contribution in [3.63, 3.8) is 0 Å². The molecule has 7 aliphatic heterocycles. The summed E-state index contributed by atoms with van der Waals surface area (Å²) in [6, 6.07) is -6.90. The summed E-state index contributed by atoms with van der Waals surface area (Å²) in [5, 5.41) is 218. The Labute approximate surface area is 510 Å². The van der Waals surface area contributed by atoms with Crippen molar-refractivity contribution >= 4 is 23.6 Å². The van der Waals surface area contributed by atoms with E-state index in [0.717, 1.165) is 27.7 Å². The number of nitrogens with one attached hydrogen (secondary N) is 4. The zero-order valence-electron chi connectivity index (χ0n) is 48.6. The highest BCUT2D eigenvalue weighted by molar-refractivity contribution is 5.74. The van der Waals surface area contributed by atoms with Gasteiger partial charge in [0.05, 0.1) is 46.2 Å². The number of hydrogen-bond donors (Lipinski definition) is 23. The Morgan fingerprint density at radius 3 is 0.811 bits per heavy atom. The van der Waals surface area contributed by atoms with Crippen molar-refractivity contribution in [1.82, 2.24) is 21.3 Å². The molecule has 0 radical (unpaired) electrons. The van der Waals surface area contributed by atoms with Gasteiger partial charge in [0.2, 0.25) is 23.6 Å². The van der Waals surface area contributed by atoms with Crippen LogP contribution in [0.25, 0.3) is 0 Å². The van der Waals surface area contributed by atoms with E-state index in [4.69, 9.17) is 61.6 Å². The molecule has 40 nitrogen and oxygen atoms in total. The van der Waals surface area contributed by atoms with E-state index < -0.39 is 285 Å². The molecule has 0 aromatic carbocycles. The molecule has 4 amide bonds. The van der Waals surface area contributed by atoms with Crippen LogP contribution in [-0.4, -0.2) is 382 Å². The zero-order valence-corrected chi connectivity index (χ0v) is 48.6. The molecule has 7 rings (SSSR count). The Balaban J connectivity index is 1.09. The van der Waals surface area contributed by atoms with Crippen LogP contribution in [0.2, 0.25) is 0 Å². The SMILES string of the molecule is CC(=O)N[C@@H]1[C@@H](O[C@@H]2O[C@H](CO)[C@H](O)[C@H](O[C@@H]3O[C@H](CO)[C@@H](O[C@@H]4O[C@H](CO)[C@H](O)[C@H](O[C@@H]5O[C@H](CO)[C@@H](O[C@@H]6O[C@H](CO)[C@H](O)[C@@H](O[C@@H]7O[C@H](CO)[C@@H](O)[C@H](O)[C@H]7NC(C)=O)[C@H]6O)[C@H](O)[C@H]5NC(C)=O)[C@H]4O)[C@H](O)[C@H]3NC(C)=O)[C@H]2O)[C@@H](O)[C@@H](CO)O[C@@H]1O. The fourth-order valence-electron chi connectivity index (χ4n) is 11.6. The maximum Gasteiger partial charge on any atom is 0.217 e. The highest BCUT2D eigenvalue weighted by Crippen LogP contribution is 2.38. The number of rotatable bonds is 23. The Morgan fingerprint density at radius 2 is 0.500 bits per heavy atom. The van der Waals surface area contributed by atoms with E-state index in [1.807, 2.05) is 0 Å². The molecule has 0 unspecified atom stereocenters. The molecule has 0 aliphatic carbocycles. The van der Waals surface area contributed by atoms with Crippen LogP contribution in [0.3, 0.4) is 0 Å². The van der Waals surface area contributed by atoms with Crippen LogP contribution in [0.5, 0.6) is 0 Å². The number of ether oxygens (including phenoxy) is 13. The summed E-state index contributed by atoms with van der Waals surface area (Å²) in [5.41, 5.74) is 0. The van der Waals surface area contributed by atoms with E-state index in [2.05, 4.69) is 21.3 Å². The van der Waals surface area contributed by atoms with E-state index >= 15 is 0 Å². The predicted octanol–water partition coefficient (Wildman–Crippen LogP) is -15.7. The summed E-state index contributed by atoms with van der Waals surface area (Å²) in [5.74, 6) is -3.31. The van der Waals surface area contributed by atoms with Crippen LogP contribution < -0.4 is 21.3 Å². The third kappa shape index (κ3) is 16.3. The molecule has 7 heterocycles. The minimum atomic E-state index is -2.30. The molecule has 520 valence electrons. The van der Waals surface area contributed by atoms with Gasteiger partial charge in [0, 0.05) is 27.7 Å². The first-order valence-corrected chi connectivity index (χ1v) is 28.6. The molecular formula is C50H84N4O36. The lowest BCUT2D eigenvalue weighted by atomic mass is 9.93. The number of aliphatic hydroxyl groups excluding tert-OH is 19. The Bertz CT molecular complexity index is 2310. The second-order valence-electron chi connectivity index (χ2n) is 22.5. The Morgan fingerprint density at radius 1 is 0.267 bits per heavy atom. The quantitative estimate of drug-likeness (QED) is 0.0452. The summed E-state index contributed by atoms with van der Waals surface area (Å²) >= 11 is 0. The Hall–Kier alpha value is -3.40. The second kappa shape index (κ2) is 32.4. The Kier molecular flexibility index (Phi) is 26.6. The molecule has 23 N–H and O–H groups in total. The lowest BCUT2D eigenvalue weighted by molar-refractivity contribution is -0.387. The van der Waals surface area contributed by atoms with Crippen molar-refractivity contribution in [2.45, 2.75) is 242 Å². The topological polar surface area (TPSA) is 621 Å². The molecule has 35 atom stereocenters. The lowest BCUT2D eigenvalue weighted by Crippen LogP contribution is -2.71. The van der Waals surface area contributed by atoms with Crippen LogP contribution in [-0.2, 0) is 80.8 Å². The fourth-order valence-corrected chi connectivity index (χ4v) is 11.6. The monoisotopic (exact) mass is 1320 g/mol. The van der Waals surface area contributed by atoms with Gasteiger partial charge in [0.1, 0.15) is 171 Å². The van der Waals surface area contributed by atoms with Gasteiger partial charge in [-0.1, -0.05) is 0 Å². The van der Waals surface area contributed by atoms with Crippen molar-refractivity contribution in [3.05, 3.63) is 0 Å². The molecule has 7 saturated heterocycles. The van der Waals surface area contributed by atoms with Crippen molar-refractivity contribution < 1.29 is 178 Å². The number of aliphatic hydroxyl groups is 19. The average Bonchev–Trinajstić information content (AvgIpc) is 0.991. The van der Waals surface area contributed by atoms with Crippen LogP contribution in [0.4, 0.5) is 0 Å². The molecule has 0 aromatic heterocycles. The van der Waals surface area contributed by atoms with Crippen molar-refractivity contribution in [3.8, 4) is 0 Å². The number of amides is 4. The van der Waals surface area contributed by atoms with Gasteiger partial charge in [-0.05, 0) is 0 Å². The fraction of sp³-hybridized carbons (Fsp3) is 0.920. The van der Waals surface area contributed by atoms with E-state index in [1.165, 1.54) is 0 Å². The highest BCUT2D eigenvalue weighted by Gasteiger charge is 2.59. The molecule has 7 aliphatic rings. The van der Waals surface area contributed by atoms with Crippen LogP contribution >= 0.6 is 0 Å². The third-order valence-corrected chi connectivity index (χ3v) is 16.2. The average molecular weight is 1320 g/mol. The van der Waals surface area contributed by atoms with Crippen molar-refractivity contribution in [2.24, 2.45) is 0 Å². The molecule has 7 fully saturated rings.